The number of rotatable bonds is 6. The molecule has 2 aromatic rings. The van der Waals surface area contributed by atoms with E-state index >= 15 is 0 Å². The first-order chi connectivity index (χ1) is 12.8. The Morgan fingerprint density at radius 3 is 2.44 bits per heavy atom. The van der Waals surface area contributed by atoms with Gasteiger partial charge in [0.15, 0.2) is 0 Å². The first-order valence-electron chi connectivity index (χ1n) is 8.48. The number of hydrogen-bond donors (Lipinski definition) is 2. The summed E-state index contributed by atoms with van der Waals surface area (Å²) in [4.78, 5) is 24.2. The van der Waals surface area contributed by atoms with Crippen LogP contribution in [0.5, 0.6) is 0 Å². The molecule has 27 heavy (non-hydrogen) atoms. The second-order valence-electron chi connectivity index (χ2n) is 6.53. The number of cyclic esters (lactones) is 1. The molecule has 1 amide bonds. The molecule has 8 heteroatoms. The van der Waals surface area contributed by atoms with Crippen molar-refractivity contribution in [3.05, 3.63) is 59.7 Å². The first-order valence-corrected chi connectivity index (χ1v) is 9.97. The molecular weight excluding hydrogens is 368 g/mol. The number of esters is 1. The molecule has 0 saturated carbocycles. The lowest BCUT2D eigenvalue weighted by atomic mass is 10.0. The lowest BCUT2D eigenvalue weighted by Crippen LogP contribution is -2.30. The number of nitrogens with one attached hydrogen (secondary N) is 2. The number of hydrogen-bond acceptors (Lipinski definition) is 5. The highest BCUT2D eigenvalue weighted by Crippen LogP contribution is 2.33. The molecule has 0 bridgehead atoms. The van der Waals surface area contributed by atoms with Gasteiger partial charge in [-0.3, -0.25) is 4.79 Å². The summed E-state index contributed by atoms with van der Waals surface area (Å²) in [5.41, 5.74) is 1.63. The standard InChI is InChI=1S/C19H20N2O5S/c1-12(2)21-27(24,25)14-9-7-13(8-10-14)20-18(22)11-17-15-5-3-4-6-16(15)19(23)26-17/h3-10,12,17,21H,11H2,1-2H3,(H,20,22)/t17-/m0/s1. The molecular formula is C19H20N2O5S. The minimum atomic E-state index is -3.58. The predicted molar refractivity (Wildman–Crippen MR) is 99.7 cm³/mol. The number of carbonyl (C=O) groups is 2. The predicted octanol–water partition coefficient (Wildman–Crippen LogP) is 2.61. The maximum absolute atomic E-state index is 12.3. The summed E-state index contributed by atoms with van der Waals surface area (Å²) >= 11 is 0. The van der Waals surface area contributed by atoms with Crippen LogP contribution >= 0.6 is 0 Å². The fourth-order valence-electron chi connectivity index (χ4n) is 2.85. The average Bonchev–Trinajstić information content (AvgIpc) is 2.90. The van der Waals surface area contributed by atoms with Gasteiger partial charge >= 0.3 is 5.97 Å². The zero-order valence-corrected chi connectivity index (χ0v) is 15.7. The minimum Gasteiger partial charge on any atom is -0.453 e. The summed E-state index contributed by atoms with van der Waals surface area (Å²) in [5, 5.41) is 2.69. The number of anilines is 1. The van der Waals surface area contributed by atoms with Crippen LogP contribution in [-0.2, 0) is 19.6 Å². The number of amides is 1. The molecule has 142 valence electrons. The molecule has 0 spiro atoms. The molecule has 0 unspecified atom stereocenters. The Hall–Kier alpha value is -2.71. The van der Waals surface area contributed by atoms with E-state index in [9.17, 15) is 18.0 Å². The fraction of sp³-hybridized carbons (Fsp3) is 0.263. The molecule has 2 aromatic carbocycles. The van der Waals surface area contributed by atoms with E-state index in [0.717, 1.165) is 0 Å². The van der Waals surface area contributed by atoms with E-state index in [0.29, 0.717) is 16.8 Å². The van der Waals surface area contributed by atoms with Crippen LogP contribution in [0.1, 0.15) is 42.3 Å². The van der Waals surface area contributed by atoms with E-state index in [2.05, 4.69) is 10.0 Å². The zero-order valence-electron chi connectivity index (χ0n) is 14.9. The van der Waals surface area contributed by atoms with E-state index in [1.807, 2.05) is 0 Å². The third kappa shape index (κ3) is 4.35. The van der Waals surface area contributed by atoms with Crippen molar-refractivity contribution in [2.24, 2.45) is 0 Å². The van der Waals surface area contributed by atoms with Crippen LogP contribution in [0, 0.1) is 0 Å². The van der Waals surface area contributed by atoms with E-state index in [-0.39, 0.29) is 23.3 Å². The molecule has 7 nitrogen and oxygen atoms in total. The molecule has 0 aromatic heterocycles. The second kappa shape index (κ2) is 7.50. The van der Waals surface area contributed by atoms with Crippen molar-refractivity contribution in [2.75, 3.05) is 5.32 Å². The van der Waals surface area contributed by atoms with Gasteiger partial charge in [0.25, 0.3) is 0 Å². The van der Waals surface area contributed by atoms with Crippen LogP contribution < -0.4 is 10.0 Å². The third-order valence-corrected chi connectivity index (χ3v) is 5.66. The van der Waals surface area contributed by atoms with Gasteiger partial charge in [0.1, 0.15) is 6.10 Å². The number of sulfonamides is 1. The molecule has 1 aliphatic heterocycles. The monoisotopic (exact) mass is 388 g/mol. The van der Waals surface area contributed by atoms with Gasteiger partial charge in [0.2, 0.25) is 15.9 Å². The molecule has 1 heterocycles. The molecule has 1 aliphatic rings. The van der Waals surface area contributed by atoms with Gasteiger partial charge in [-0.1, -0.05) is 18.2 Å². The smallest absolute Gasteiger partial charge is 0.339 e. The highest BCUT2D eigenvalue weighted by atomic mass is 32.2. The molecule has 3 rings (SSSR count). The second-order valence-corrected chi connectivity index (χ2v) is 8.25. The van der Waals surface area contributed by atoms with E-state index < -0.39 is 22.1 Å². The minimum absolute atomic E-state index is 0.0162. The zero-order chi connectivity index (χ0) is 19.6. The molecule has 0 saturated heterocycles. The Bertz CT molecular complexity index is 968. The SMILES string of the molecule is CC(C)NS(=O)(=O)c1ccc(NC(=O)C[C@@H]2OC(=O)c3ccccc32)cc1. The van der Waals surface area contributed by atoms with Gasteiger partial charge < -0.3 is 10.1 Å². The normalized spacial score (nSPS) is 16.1. The molecule has 0 aliphatic carbocycles. The van der Waals surface area contributed by atoms with Crippen LogP contribution in [0.3, 0.4) is 0 Å². The van der Waals surface area contributed by atoms with Crippen LogP contribution in [0.4, 0.5) is 5.69 Å². The summed E-state index contributed by atoms with van der Waals surface area (Å²) in [6.07, 6.45) is -0.638. The van der Waals surface area contributed by atoms with Crippen LogP contribution in [0.2, 0.25) is 0 Å². The molecule has 0 radical (unpaired) electrons. The van der Waals surface area contributed by atoms with Crippen molar-refractivity contribution < 1.29 is 22.7 Å². The summed E-state index contributed by atoms with van der Waals surface area (Å²) in [5.74, 6) is -0.768. The summed E-state index contributed by atoms with van der Waals surface area (Å²) in [7, 11) is -3.58. The van der Waals surface area contributed by atoms with Crippen molar-refractivity contribution in [2.45, 2.75) is 37.3 Å². The van der Waals surface area contributed by atoms with Crippen LogP contribution in [0.25, 0.3) is 0 Å². The highest BCUT2D eigenvalue weighted by Gasteiger charge is 2.32. The lowest BCUT2D eigenvalue weighted by molar-refractivity contribution is -0.118. The summed E-state index contributed by atoms with van der Waals surface area (Å²) < 4.78 is 32.0. The maximum atomic E-state index is 12.3. The molecule has 2 N–H and O–H groups in total. The Balaban J connectivity index is 1.65. The van der Waals surface area contributed by atoms with Crippen molar-refractivity contribution in [3.8, 4) is 0 Å². The number of fused-ring (bicyclic) bond motifs is 1. The number of ether oxygens (including phenoxy) is 1. The van der Waals surface area contributed by atoms with Crippen LogP contribution in [0.15, 0.2) is 53.4 Å². The van der Waals surface area contributed by atoms with Gasteiger partial charge in [-0.05, 0) is 44.2 Å². The molecule has 0 fully saturated rings. The van der Waals surface area contributed by atoms with Gasteiger partial charge in [-0.25, -0.2) is 17.9 Å². The van der Waals surface area contributed by atoms with E-state index in [4.69, 9.17) is 4.74 Å². The molecule has 1 atom stereocenters. The summed E-state index contributed by atoms with van der Waals surface area (Å²) in [6, 6.07) is 12.6. The van der Waals surface area contributed by atoms with Gasteiger partial charge in [0.05, 0.1) is 16.9 Å². The van der Waals surface area contributed by atoms with Crippen molar-refractivity contribution >= 4 is 27.6 Å². The van der Waals surface area contributed by atoms with Crippen molar-refractivity contribution in [3.63, 3.8) is 0 Å². The highest BCUT2D eigenvalue weighted by molar-refractivity contribution is 7.89. The maximum Gasteiger partial charge on any atom is 0.339 e. The van der Waals surface area contributed by atoms with E-state index in [1.165, 1.54) is 24.3 Å². The average molecular weight is 388 g/mol. The van der Waals surface area contributed by atoms with Crippen molar-refractivity contribution in [1.29, 1.82) is 0 Å². The van der Waals surface area contributed by atoms with Gasteiger partial charge in [-0.15, -0.1) is 0 Å². The summed E-state index contributed by atoms with van der Waals surface area (Å²) in [6.45, 7) is 3.47. The quantitative estimate of drug-likeness (QED) is 0.741. The van der Waals surface area contributed by atoms with Crippen molar-refractivity contribution in [1.82, 2.24) is 4.72 Å². The Morgan fingerprint density at radius 1 is 1.11 bits per heavy atom. The fourth-order valence-corrected chi connectivity index (χ4v) is 4.10. The Kier molecular flexibility index (Phi) is 5.29. The lowest BCUT2D eigenvalue weighted by Gasteiger charge is -2.12. The largest absolute Gasteiger partial charge is 0.453 e. The number of carbonyl (C=O) groups excluding carboxylic acids is 2. The number of benzene rings is 2. The van der Waals surface area contributed by atoms with Gasteiger partial charge in [0, 0.05) is 17.3 Å². The third-order valence-electron chi connectivity index (χ3n) is 3.99. The van der Waals surface area contributed by atoms with E-state index in [1.54, 1.807) is 38.1 Å². The first kappa shape index (κ1) is 19.1. The van der Waals surface area contributed by atoms with Crippen LogP contribution in [-0.4, -0.2) is 26.3 Å². The van der Waals surface area contributed by atoms with Gasteiger partial charge in [-0.2, -0.15) is 0 Å². The topological polar surface area (TPSA) is 102 Å². The Labute approximate surface area is 157 Å². The Morgan fingerprint density at radius 2 is 1.78 bits per heavy atom.